The zero-order valence-corrected chi connectivity index (χ0v) is 26.1. The molecule has 2 amide bonds. The highest BCUT2D eigenvalue weighted by atomic mass is 35.5. The first kappa shape index (κ1) is 33.9. The minimum atomic E-state index is -4.88. The lowest BCUT2D eigenvalue weighted by Crippen LogP contribution is -2.53. The van der Waals surface area contributed by atoms with Crippen molar-refractivity contribution in [1.82, 2.24) is 10.2 Å². The van der Waals surface area contributed by atoms with E-state index in [2.05, 4.69) is 5.32 Å². The van der Waals surface area contributed by atoms with Crippen LogP contribution in [-0.4, -0.2) is 43.8 Å². The molecule has 7 nitrogen and oxygen atoms in total. The van der Waals surface area contributed by atoms with E-state index in [1.54, 1.807) is 52.0 Å². The second kappa shape index (κ2) is 13.8. The number of nitrogens with one attached hydrogen (secondary N) is 1. The standard InChI is InChI=1S/C31H35ClF3N3O4S/c1-6-28(30(40)36-20(2)3)37(18-23-10-8-7-9-22(23)5)29(39)19-38(43(41,42)25-14-11-21(4)12-15-25)24-13-16-27(32)26(17-24)31(33,34)35/h7-17,20,28H,6,18-19H2,1-5H3,(H,36,40)/t28-/m0/s1. The molecule has 0 bridgehead atoms. The Labute approximate surface area is 255 Å². The van der Waals surface area contributed by atoms with Crippen molar-refractivity contribution in [2.24, 2.45) is 0 Å². The van der Waals surface area contributed by atoms with Crippen LogP contribution in [0.5, 0.6) is 0 Å². The summed E-state index contributed by atoms with van der Waals surface area (Å²) in [5.74, 6) is -1.20. The van der Waals surface area contributed by atoms with Gasteiger partial charge in [-0.25, -0.2) is 8.42 Å². The zero-order chi connectivity index (χ0) is 32.1. The van der Waals surface area contributed by atoms with Gasteiger partial charge in [-0.3, -0.25) is 13.9 Å². The van der Waals surface area contributed by atoms with Crippen molar-refractivity contribution in [3.8, 4) is 0 Å². The molecule has 0 heterocycles. The largest absolute Gasteiger partial charge is 0.417 e. The molecule has 0 fully saturated rings. The van der Waals surface area contributed by atoms with E-state index in [0.717, 1.165) is 28.8 Å². The van der Waals surface area contributed by atoms with Gasteiger partial charge in [0.15, 0.2) is 0 Å². The minimum absolute atomic E-state index is 0.0254. The summed E-state index contributed by atoms with van der Waals surface area (Å²) in [6, 6.07) is 14.4. The average Bonchev–Trinajstić information content (AvgIpc) is 2.92. The van der Waals surface area contributed by atoms with E-state index in [1.165, 1.54) is 17.0 Å². The Kier molecular flexibility index (Phi) is 10.9. The van der Waals surface area contributed by atoms with Gasteiger partial charge in [0.25, 0.3) is 10.0 Å². The number of alkyl halides is 3. The predicted octanol–water partition coefficient (Wildman–Crippen LogP) is 6.50. The van der Waals surface area contributed by atoms with Gasteiger partial charge in [0, 0.05) is 12.6 Å². The van der Waals surface area contributed by atoms with E-state index >= 15 is 0 Å². The third kappa shape index (κ3) is 8.29. The number of halogens is 4. The Hall–Kier alpha value is -3.57. The van der Waals surface area contributed by atoms with Crippen LogP contribution in [0.15, 0.2) is 71.6 Å². The van der Waals surface area contributed by atoms with Gasteiger partial charge in [0.05, 0.1) is 21.2 Å². The van der Waals surface area contributed by atoms with Crippen LogP contribution >= 0.6 is 11.6 Å². The number of carbonyl (C=O) groups is 2. The molecule has 0 saturated heterocycles. The number of hydrogen-bond donors (Lipinski definition) is 1. The van der Waals surface area contributed by atoms with E-state index < -0.39 is 56.9 Å². The lowest BCUT2D eigenvalue weighted by atomic mass is 10.1. The molecule has 3 rings (SSSR count). The molecule has 0 spiro atoms. The second-order valence-electron chi connectivity index (χ2n) is 10.5. The molecular weight excluding hydrogens is 603 g/mol. The maximum atomic E-state index is 14.1. The fourth-order valence-electron chi connectivity index (χ4n) is 4.52. The van der Waals surface area contributed by atoms with Crippen molar-refractivity contribution in [1.29, 1.82) is 0 Å². The number of carbonyl (C=O) groups excluding carboxylic acids is 2. The van der Waals surface area contributed by atoms with Crippen molar-refractivity contribution < 1.29 is 31.2 Å². The van der Waals surface area contributed by atoms with E-state index in [-0.39, 0.29) is 23.9 Å². The van der Waals surface area contributed by atoms with Gasteiger partial charge in [0.2, 0.25) is 11.8 Å². The van der Waals surface area contributed by atoms with Crippen LogP contribution in [0, 0.1) is 13.8 Å². The van der Waals surface area contributed by atoms with Crippen LogP contribution in [0.3, 0.4) is 0 Å². The molecule has 3 aromatic rings. The monoisotopic (exact) mass is 637 g/mol. The predicted molar refractivity (Wildman–Crippen MR) is 161 cm³/mol. The molecule has 43 heavy (non-hydrogen) atoms. The molecule has 0 saturated carbocycles. The smallest absolute Gasteiger partial charge is 0.352 e. The minimum Gasteiger partial charge on any atom is -0.352 e. The average molecular weight is 638 g/mol. The number of amides is 2. The summed E-state index contributed by atoms with van der Waals surface area (Å²) in [6.07, 6.45) is -4.67. The normalized spacial score (nSPS) is 12.6. The van der Waals surface area contributed by atoms with Crippen LogP contribution in [0.4, 0.5) is 18.9 Å². The van der Waals surface area contributed by atoms with E-state index in [9.17, 15) is 31.2 Å². The van der Waals surface area contributed by atoms with E-state index in [0.29, 0.717) is 10.4 Å². The number of sulfonamides is 1. The van der Waals surface area contributed by atoms with Crippen molar-refractivity contribution in [2.45, 2.75) is 70.7 Å². The number of rotatable bonds is 11. The Bertz CT molecular complexity index is 1560. The van der Waals surface area contributed by atoms with Gasteiger partial charge in [-0.05, 0) is 75.6 Å². The molecule has 0 radical (unpaired) electrons. The van der Waals surface area contributed by atoms with Crippen molar-refractivity contribution in [2.75, 3.05) is 10.8 Å². The van der Waals surface area contributed by atoms with Crippen molar-refractivity contribution in [3.05, 3.63) is 94.0 Å². The quantitative estimate of drug-likeness (QED) is 0.260. The SMILES string of the molecule is CC[C@@H](C(=O)NC(C)C)N(Cc1ccccc1C)C(=O)CN(c1ccc(Cl)c(C(F)(F)F)c1)S(=O)(=O)c1ccc(C)cc1. The van der Waals surface area contributed by atoms with Crippen molar-refractivity contribution in [3.63, 3.8) is 0 Å². The summed E-state index contributed by atoms with van der Waals surface area (Å²) < 4.78 is 69.9. The number of hydrogen-bond acceptors (Lipinski definition) is 4. The molecule has 3 aromatic carbocycles. The van der Waals surface area contributed by atoms with Crippen LogP contribution in [0.2, 0.25) is 5.02 Å². The van der Waals surface area contributed by atoms with Crippen LogP contribution < -0.4 is 9.62 Å². The third-order valence-corrected chi connectivity index (χ3v) is 8.97. The zero-order valence-electron chi connectivity index (χ0n) is 24.6. The summed E-state index contributed by atoms with van der Waals surface area (Å²) in [5, 5.41) is 2.18. The number of benzene rings is 3. The Morgan fingerprint density at radius 2 is 1.60 bits per heavy atom. The Balaban J connectivity index is 2.17. The van der Waals surface area contributed by atoms with Crippen molar-refractivity contribution >= 4 is 39.1 Å². The topological polar surface area (TPSA) is 86.8 Å². The van der Waals surface area contributed by atoms with Crippen LogP contribution in [0.1, 0.15) is 49.4 Å². The van der Waals surface area contributed by atoms with Gasteiger partial charge in [0.1, 0.15) is 12.6 Å². The summed E-state index contributed by atoms with van der Waals surface area (Å²) in [4.78, 5) is 28.4. The molecule has 0 aromatic heterocycles. The first-order valence-electron chi connectivity index (χ1n) is 13.7. The molecule has 0 aliphatic carbocycles. The molecule has 232 valence electrons. The highest BCUT2D eigenvalue weighted by Gasteiger charge is 2.37. The highest BCUT2D eigenvalue weighted by Crippen LogP contribution is 2.38. The molecule has 0 unspecified atom stereocenters. The second-order valence-corrected chi connectivity index (χ2v) is 12.8. The lowest BCUT2D eigenvalue weighted by molar-refractivity contribution is -0.140. The molecular formula is C31H35ClF3N3O4S. The third-order valence-electron chi connectivity index (χ3n) is 6.85. The van der Waals surface area contributed by atoms with Gasteiger partial charge in [-0.15, -0.1) is 0 Å². The Morgan fingerprint density at radius 3 is 2.16 bits per heavy atom. The molecule has 0 aliphatic heterocycles. The van der Waals surface area contributed by atoms with Gasteiger partial charge in [-0.2, -0.15) is 13.2 Å². The number of nitrogens with zero attached hydrogens (tertiary/aromatic N) is 2. The first-order chi connectivity index (χ1) is 20.1. The van der Waals surface area contributed by atoms with Crippen LogP contribution in [-0.2, 0) is 32.3 Å². The maximum absolute atomic E-state index is 14.1. The molecule has 1 atom stereocenters. The van der Waals surface area contributed by atoms with Gasteiger partial charge < -0.3 is 10.2 Å². The van der Waals surface area contributed by atoms with Crippen LogP contribution in [0.25, 0.3) is 0 Å². The van der Waals surface area contributed by atoms with E-state index in [1.807, 2.05) is 19.1 Å². The highest BCUT2D eigenvalue weighted by molar-refractivity contribution is 7.92. The summed E-state index contributed by atoms with van der Waals surface area (Å²) in [6.45, 7) is 7.96. The molecule has 1 N–H and O–H groups in total. The fraction of sp³-hybridized carbons (Fsp3) is 0.355. The first-order valence-corrected chi connectivity index (χ1v) is 15.5. The van der Waals surface area contributed by atoms with E-state index in [4.69, 9.17) is 11.6 Å². The summed E-state index contributed by atoms with van der Waals surface area (Å²) in [5.41, 5.74) is 0.684. The summed E-state index contributed by atoms with van der Waals surface area (Å²) in [7, 11) is -4.55. The van der Waals surface area contributed by atoms with Gasteiger partial charge >= 0.3 is 6.18 Å². The fourth-order valence-corrected chi connectivity index (χ4v) is 6.15. The maximum Gasteiger partial charge on any atom is 0.417 e. The molecule has 12 heteroatoms. The molecule has 0 aliphatic rings. The van der Waals surface area contributed by atoms with Gasteiger partial charge in [-0.1, -0.05) is 60.5 Å². The number of aryl methyl sites for hydroxylation is 2. The number of anilines is 1. The lowest BCUT2D eigenvalue weighted by Gasteiger charge is -2.34. The Morgan fingerprint density at radius 1 is 0.977 bits per heavy atom. The summed E-state index contributed by atoms with van der Waals surface area (Å²) >= 11 is 5.82.